The van der Waals surface area contributed by atoms with Gasteiger partial charge in [-0.1, -0.05) is 34.1 Å². The number of rotatable bonds is 6. The summed E-state index contributed by atoms with van der Waals surface area (Å²) in [5.41, 5.74) is 0.585. The molecule has 0 saturated carbocycles. The van der Waals surface area contributed by atoms with Crippen molar-refractivity contribution in [1.29, 1.82) is 0 Å². The first-order chi connectivity index (χ1) is 6.68. The second-order valence-corrected chi connectivity index (χ2v) is 5.10. The Hall–Kier alpha value is -0.0400. The monoisotopic (exact) mass is 197 g/mol. The maximum Gasteiger partial charge on any atom is 0.0161 e. The Balaban J connectivity index is 2.51. The van der Waals surface area contributed by atoms with Crippen LogP contribution >= 0.6 is 0 Å². The molecule has 0 spiro atoms. The molecule has 1 aliphatic heterocycles. The van der Waals surface area contributed by atoms with E-state index < -0.39 is 0 Å². The lowest BCUT2D eigenvalue weighted by atomic mass is 9.71. The van der Waals surface area contributed by atoms with Crippen LogP contribution in [0.4, 0.5) is 0 Å². The van der Waals surface area contributed by atoms with Gasteiger partial charge in [0.2, 0.25) is 0 Å². The Morgan fingerprint density at radius 1 is 1.21 bits per heavy atom. The molecule has 1 saturated heterocycles. The minimum Gasteiger partial charge on any atom is -0.300 e. The molecule has 1 aliphatic rings. The predicted molar refractivity (Wildman–Crippen MR) is 63.6 cm³/mol. The summed E-state index contributed by atoms with van der Waals surface area (Å²) in [5, 5.41) is 0. The highest BCUT2D eigenvalue weighted by Gasteiger charge is 2.40. The molecule has 0 amide bonds. The lowest BCUT2D eigenvalue weighted by Gasteiger charge is -2.51. The SMILES string of the molecule is CCCN1CCC1C(C)(CC)CCC. The van der Waals surface area contributed by atoms with Gasteiger partial charge in [0.05, 0.1) is 0 Å². The lowest BCUT2D eigenvalue weighted by molar-refractivity contribution is -0.0140. The molecule has 0 bridgehead atoms. The highest BCUT2D eigenvalue weighted by Crippen LogP contribution is 2.40. The van der Waals surface area contributed by atoms with Crippen molar-refractivity contribution in [3.05, 3.63) is 0 Å². The molecule has 1 heterocycles. The number of nitrogens with zero attached hydrogens (tertiary/aromatic N) is 1. The molecule has 2 atom stereocenters. The average molecular weight is 197 g/mol. The topological polar surface area (TPSA) is 3.24 Å². The van der Waals surface area contributed by atoms with Crippen molar-refractivity contribution in [2.45, 2.75) is 65.8 Å². The summed E-state index contributed by atoms with van der Waals surface area (Å²) in [5.74, 6) is 0. The van der Waals surface area contributed by atoms with E-state index >= 15 is 0 Å². The van der Waals surface area contributed by atoms with Gasteiger partial charge >= 0.3 is 0 Å². The molecule has 84 valence electrons. The van der Waals surface area contributed by atoms with Gasteiger partial charge in [-0.2, -0.15) is 0 Å². The van der Waals surface area contributed by atoms with E-state index in [4.69, 9.17) is 0 Å². The van der Waals surface area contributed by atoms with Gasteiger partial charge in [-0.15, -0.1) is 0 Å². The van der Waals surface area contributed by atoms with E-state index in [9.17, 15) is 0 Å². The third-order valence-corrected chi connectivity index (χ3v) is 4.07. The maximum absolute atomic E-state index is 2.69. The van der Waals surface area contributed by atoms with Crippen molar-refractivity contribution in [3.8, 4) is 0 Å². The van der Waals surface area contributed by atoms with Crippen molar-refractivity contribution in [1.82, 2.24) is 4.90 Å². The zero-order valence-corrected chi connectivity index (χ0v) is 10.5. The molecule has 2 unspecified atom stereocenters. The Kier molecular flexibility index (Phi) is 4.43. The van der Waals surface area contributed by atoms with Gasteiger partial charge < -0.3 is 0 Å². The molecular weight excluding hydrogens is 170 g/mol. The molecule has 0 aromatic rings. The molecule has 0 radical (unpaired) electrons. The summed E-state index contributed by atoms with van der Waals surface area (Å²) in [7, 11) is 0. The van der Waals surface area contributed by atoms with Crippen molar-refractivity contribution in [3.63, 3.8) is 0 Å². The first kappa shape index (κ1) is 12.0. The molecule has 0 N–H and O–H groups in total. The Morgan fingerprint density at radius 2 is 1.93 bits per heavy atom. The van der Waals surface area contributed by atoms with Crippen molar-refractivity contribution < 1.29 is 0 Å². The van der Waals surface area contributed by atoms with Crippen LogP contribution in [0.25, 0.3) is 0 Å². The van der Waals surface area contributed by atoms with Crippen molar-refractivity contribution in [2.75, 3.05) is 13.1 Å². The summed E-state index contributed by atoms with van der Waals surface area (Å²) >= 11 is 0. The summed E-state index contributed by atoms with van der Waals surface area (Å²) in [6.45, 7) is 12.1. The molecule has 1 nitrogen and oxygen atoms in total. The van der Waals surface area contributed by atoms with Crippen LogP contribution in [0, 0.1) is 5.41 Å². The summed E-state index contributed by atoms with van der Waals surface area (Å²) in [4.78, 5) is 2.69. The van der Waals surface area contributed by atoms with E-state index in [-0.39, 0.29) is 0 Å². The van der Waals surface area contributed by atoms with Gasteiger partial charge in [0.25, 0.3) is 0 Å². The molecule has 14 heavy (non-hydrogen) atoms. The van der Waals surface area contributed by atoms with Gasteiger partial charge in [0, 0.05) is 6.04 Å². The smallest absolute Gasteiger partial charge is 0.0161 e. The number of hydrogen-bond donors (Lipinski definition) is 0. The summed E-state index contributed by atoms with van der Waals surface area (Å²) < 4.78 is 0. The van der Waals surface area contributed by atoms with E-state index in [2.05, 4.69) is 32.6 Å². The number of hydrogen-bond acceptors (Lipinski definition) is 1. The zero-order chi connectivity index (χ0) is 10.6. The van der Waals surface area contributed by atoms with Crippen LogP contribution in [0.1, 0.15) is 59.8 Å². The van der Waals surface area contributed by atoms with Crippen LogP contribution < -0.4 is 0 Å². The minimum absolute atomic E-state index is 0.585. The van der Waals surface area contributed by atoms with Crippen molar-refractivity contribution in [2.24, 2.45) is 5.41 Å². The highest BCUT2D eigenvalue weighted by molar-refractivity contribution is 4.94. The van der Waals surface area contributed by atoms with E-state index in [0.717, 1.165) is 6.04 Å². The van der Waals surface area contributed by atoms with E-state index in [0.29, 0.717) is 5.41 Å². The average Bonchev–Trinajstić information content (AvgIpc) is 2.12. The Morgan fingerprint density at radius 3 is 2.29 bits per heavy atom. The molecular formula is C13H27N. The second kappa shape index (κ2) is 5.16. The first-order valence-electron chi connectivity index (χ1n) is 6.42. The van der Waals surface area contributed by atoms with E-state index in [1.165, 1.54) is 45.2 Å². The largest absolute Gasteiger partial charge is 0.300 e. The fourth-order valence-corrected chi connectivity index (χ4v) is 2.93. The molecule has 1 heteroatoms. The van der Waals surface area contributed by atoms with Gasteiger partial charge in [-0.3, -0.25) is 4.90 Å². The first-order valence-corrected chi connectivity index (χ1v) is 6.42. The number of likely N-dealkylation sites (tertiary alicyclic amines) is 1. The van der Waals surface area contributed by atoms with Crippen LogP contribution in [0.2, 0.25) is 0 Å². The van der Waals surface area contributed by atoms with Gasteiger partial charge in [0.1, 0.15) is 0 Å². The minimum atomic E-state index is 0.585. The molecule has 1 fully saturated rings. The lowest BCUT2D eigenvalue weighted by Crippen LogP contribution is -2.56. The highest BCUT2D eigenvalue weighted by atomic mass is 15.2. The standard InChI is InChI=1S/C13H27N/c1-5-9-13(4,7-3)12-8-11-14(12)10-6-2/h12H,5-11H2,1-4H3. The van der Waals surface area contributed by atoms with Crippen LogP contribution in [0.15, 0.2) is 0 Å². The maximum atomic E-state index is 2.69. The van der Waals surface area contributed by atoms with E-state index in [1.54, 1.807) is 0 Å². The fourth-order valence-electron chi connectivity index (χ4n) is 2.93. The molecule has 0 aliphatic carbocycles. The summed E-state index contributed by atoms with van der Waals surface area (Å²) in [6.07, 6.45) is 6.81. The zero-order valence-electron chi connectivity index (χ0n) is 10.5. The van der Waals surface area contributed by atoms with E-state index in [1.807, 2.05) is 0 Å². The molecule has 0 aromatic heterocycles. The Bertz CT molecular complexity index is 167. The van der Waals surface area contributed by atoms with Crippen molar-refractivity contribution >= 4 is 0 Å². The van der Waals surface area contributed by atoms with Crippen LogP contribution in [-0.4, -0.2) is 24.0 Å². The van der Waals surface area contributed by atoms with Gasteiger partial charge in [0.15, 0.2) is 0 Å². The predicted octanol–water partition coefficient (Wildman–Crippen LogP) is 3.69. The third kappa shape index (κ3) is 2.31. The summed E-state index contributed by atoms with van der Waals surface area (Å²) in [6, 6.07) is 0.882. The Labute approximate surface area is 89.9 Å². The fraction of sp³-hybridized carbons (Fsp3) is 1.00. The molecule has 0 aromatic carbocycles. The third-order valence-electron chi connectivity index (χ3n) is 4.07. The molecule has 1 rings (SSSR count). The quantitative estimate of drug-likeness (QED) is 0.628. The second-order valence-electron chi connectivity index (χ2n) is 5.10. The van der Waals surface area contributed by atoms with Crippen LogP contribution in [-0.2, 0) is 0 Å². The normalized spacial score (nSPS) is 27.0. The van der Waals surface area contributed by atoms with Gasteiger partial charge in [-0.05, 0) is 44.2 Å². The van der Waals surface area contributed by atoms with Crippen LogP contribution in [0.3, 0.4) is 0 Å². The van der Waals surface area contributed by atoms with Crippen LogP contribution in [0.5, 0.6) is 0 Å². The van der Waals surface area contributed by atoms with Gasteiger partial charge in [-0.25, -0.2) is 0 Å².